The van der Waals surface area contributed by atoms with Gasteiger partial charge in [0.15, 0.2) is 0 Å². The third kappa shape index (κ3) is 3.46. The average Bonchev–Trinajstić information content (AvgIpc) is 2.66. The lowest BCUT2D eigenvalue weighted by molar-refractivity contribution is -0.142. The number of nitrogens with zero attached hydrogens (tertiary/aromatic N) is 1. The first-order chi connectivity index (χ1) is 13.2. The number of carbonyl (C=O) groups is 2. The standard InChI is InChI=1S/C24H35NO3/c1-7-28-21(26)13-19-15(2)16(3)20-14-25(18-11-9-8-10-12-18)23(27)24(5,6)22(20)17(19)4/h18H,7-14H2,1-6H3. The highest BCUT2D eigenvalue weighted by Gasteiger charge is 2.44. The lowest BCUT2D eigenvalue weighted by Gasteiger charge is -2.46. The molecule has 3 rings (SSSR count). The second-order valence-electron chi connectivity index (χ2n) is 9.04. The molecule has 0 unspecified atom stereocenters. The normalized spacial score (nSPS) is 19.5. The van der Waals surface area contributed by atoms with E-state index in [1.54, 1.807) is 0 Å². The van der Waals surface area contributed by atoms with Crippen LogP contribution in [0.5, 0.6) is 0 Å². The monoisotopic (exact) mass is 385 g/mol. The van der Waals surface area contributed by atoms with E-state index in [9.17, 15) is 9.59 Å². The molecule has 1 heterocycles. The number of fused-ring (bicyclic) bond motifs is 1. The Morgan fingerprint density at radius 2 is 1.71 bits per heavy atom. The van der Waals surface area contributed by atoms with E-state index in [2.05, 4.69) is 39.5 Å². The molecule has 1 aliphatic heterocycles. The van der Waals surface area contributed by atoms with Crippen LogP contribution < -0.4 is 0 Å². The molecule has 1 aromatic carbocycles. The third-order valence-electron chi connectivity index (χ3n) is 6.99. The summed E-state index contributed by atoms with van der Waals surface area (Å²) < 4.78 is 5.20. The van der Waals surface area contributed by atoms with Gasteiger partial charge in [-0.1, -0.05) is 19.3 Å². The van der Waals surface area contributed by atoms with E-state index < -0.39 is 5.41 Å². The van der Waals surface area contributed by atoms with Crippen molar-refractivity contribution in [2.24, 2.45) is 0 Å². The van der Waals surface area contributed by atoms with Gasteiger partial charge in [-0.25, -0.2) is 0 Å². The van der Waals surface area contributed by atoms with E-state index in [-0.39, 0.29) is 18.3 Å². The van der Waals surface area contributed by atoms with Gasteiger partial charge in [-0.05, 0) is 87.8 Å². The van der Waals surface area contributed by atoms with E-state index in [1.807, 2.05) is 6.92 Å². The van der Waals surface area contributed by atoms with Crippen molar-refractivity contribution in [1.29, 1.82) is 0 Å². The van der Waals surface area contributed by atoms with Crippen LogP contribution >= 0.6 is 0 Å². The van der Waals surface area contributed by atoms with Crippen molar-refractivity contribution in [3.63, 3.8) is 0 Å². The summed E-state index contributed by atoms with van der Waals surface area (Å²) in [7, 11) is 0. The molecule has 1 fully saturated rings. The summed E-state index contributed by atoms with van der Waals surface area (Å²) in [5, 5.41) is 0. The number of ether oxygens (including phenoxy) is 1. The van der Waals surface area contributed by atoms with Gasteiger partial charge in [0.05, 0.1) is 18.4 Å². The molecule has 0 aromatic heterocycles. The predicted octanol–water partition coefficient (Wildman–Crippen LogP) is 4.67. The SMILES string of the molecule is CCOC(=O)Cc1c(C)c(C)c2c(c1C)C(C)(C)C(=O)N(C1CCCCC1)C2. The van der Waals surface area contributed by atoms with E-state index in [0.29, 0.717) is 19.2 Å². The van der Waals surface area contributed by atoms with Crippen LogP contribution in [-0.4, -0.2) is 29.4 Å². The first-order valence-electron chi connectivity index (χ1n) is 10.8. The first-order valence-corrected chi connectivity index (χ1v) is 10.8. The molecule has 0 bridgehead atoms. The van der Waals surface area contributed by atoms with Crippen LogP contribution in [-0.2, 0) is 32.7 Å². The summed E-state index contributed by atoms with van der Waals surface area (Å²) >= 11 is 0. The molecular weight excluding hydrogens is 350 g/mol. The molecule has 1 amide bonds. The summed E-state index contributed by atoms with van der Waals surface area (Å²) in [5.74, 6) is 0.0390. The van der Waals surface area contributed by atoms with Gasteiger partial charge in [-0.3, -0.25) is 9.59 Å². The zero-order valence-electron chi connectivity index (χ0n) is 18.4. The molecule has 28 heavy (non-hydrogen) atoms. The maximum absolute atomic E-state index is 13.5. The number of benzene rings is 1. The van der Waals surface area contributed by atoms with Gasteiger partial charge in [-0.2, -0.15) is 0 Å². The zero-order valence-corrected chi connectivity index (χ0v) is 18.4. The molecule has 0 N–H and O–H groups in total. The summed E-state index contributed by atoms with van der Waals surface area (Å²) in [5.41, 5.74) is 6.36. The minimum absolute atomic E-state index is 0.197. The summed E-state index contributed by atoms with van der Waals surface area (Å²) in [6.45, 7) is 13.4. The molecule has 1 aromatic rings. The van der Waals surface area contributed by atoms with E-state index in [0.717, 1.165) is 35.1 Å². The Kier molecular flexibility index (Phi) is 5.88. The van der Waals surface area contributed by atoms with Crippen LogP contribution in [0.3, 0.4) is 0 Å². The highest BCUT2D eigenvalue weighted by Crippen LogP contribution is 2.43. The number of esters is 1. The van der Waals surface area contributed by atoms with E-state index in [4.69, 9.17) is 4.74 Å². The van der Waals surface area contributed by atoms with Gasteiger partial charge in [0.1, 0.15) is 0 Å². The molecule has 154 valence electrons. The molecule has 0 spiro atoms. The van der Waals surface area contributed by atoms with Crippen molar-refractivity contribution < 1.29 is 14.3 Å². The van der Waals surface area contributed by atoms with E-state index >= 15 is 0 Å². The molecule has 4 heteroatoms. The third-order valence-corrected chi connectivity index (χ3v) is 6.99. The fraction of sp³-hybridized carbons (Fsp3) is 0.667. The minimum atomic E-state index is -0.572. The van der Waals surface area contributed by atoms with Crippen LogP contribution in [0, 0.1) is 20.8 Å². The highest BCUT2D eigenvalue weighted by atomic mass is 16.5. The summed E-state index contributed by atoms with van der Waals surface area (Å²) in [4.78, 5) is 27.9. The number of hydrogen-bond acceptors (Lipinski definition) is 3. The van der Waals surface area contributed by atoms with Crippen LogP contribution in [0.2, 0.25) is 0 Å². The zero-order chi connectivity index (χ0) is 20.6. The quantitative estimate of drug-likeness (QED) is 0.708. The van der Waals surface area contributed by atoms with Crippen molar-refractivity contribution in [3.05, 3.63) is 33.4 Å². The summed E-state index contributed by atoms with van der Waals surface area (Å²) in [6, 6.07) is 0.368. The van der Waals surface area contributed by atoms with Gasteiger partial charge >= 0.3 is 5.97 Å². The molecule has 0 saturated heterocycles. The van der Waals surface area contributed by atoms with Crippen LogP contribution in [0.1, 0.15) is 86.3 Å². The van der Waals surface area contributed by atoms with Crippen molar-refractivity contribution in [2.75, 3.05) is 6.61 Å². The second kappa shape index (κ2) is 7.88. The Labute approximate surface area is 169 Å². The fourth-order valence-corrected chi connectivity index (χ4v) is 5.36. The average molecular weight is 386 g/mol. The van der Waals surface area contributed by atoms with Crippen molar-refractivity contribution in [2.45, 2.75) is 98.1 Å². The largest absolute Gasteiger partial charge is 0.466 e. The molecule has 4 nitrogen and oxygen atoms in total. The van der Waals surface area contributed by atoms with Crippen molar-refractivity contribution in [3.8, 4) is 0 Å². The van der Waals surface area contributed by atoms with Crippen LogP contribution in [0.4, 0.5) is 0 Å². The second-order valence-corrected chi connectivity index (χ2v) is 9.04. The smallest absolute Gasteiger partial charge is 0.310 e. The van der Waals surface area contributed by atoms with Crippen molar-refractivity contribution >= 4 is 11.9 Å². The van der Waals surface area contributed by atoms with Crippen LogP contribution in [0.25, 0.3) is 0 Å². The van der Waals surface area contributed by atoms with Crippen LogP contribution in [0.15, 0.2) is 0 Å². The number of rotatable bonds is 4. The molecule has 1 saturated carbocycles. The summed E-state index contributed by atoms with van der Waals surface area (Å²) in [6.07, 6.45) is 6.24. The Balaban J connectivity index is 2.08. The Morgan fingerprint density at radius 1 is 1.07 bits per heavy atom. The maximum Gasteiger partial charge on any atom is 0.310 e. The Hall–Kier alpha value is -1.84. The van der Waals surface area contributed by atoms with Gasteiger partial charge in [-0.15, -0.1) is 0 Å². The lowest BCUT2D eigenvalue weighted by Crippen LogP contribution is -2.53. The van der Waals surface area contributed by atoms with Gasteiger partial charge in [0.2, 0.25) is 5.91 Å². The topological polar surface area (TPSA) is 46.6 Å². The molecule has 2 aliphatic rings. The number of carbonyl (C=O) groups excluding carboxylic acids is 2. The lowest BCUT2D eigenvalue weighted by atomic mass is 9.71. The minimum Gasteiger partial charge on any atom is -0.466 e. The van der Waals surface area contributed by atoms with Gasteiger partial charge in [0.25, 0.3) is 0 Å². The molecule has 0 atom stereocenters. The van der Waals surface area contributed by atoms with Gasteiger partial charge in [0, 0.05) is 12.6 Å². The molecule has 0 radical (unpaired) electrons. The Morgan fingerprint density at radius 3 is 2.32 bits per heavy atom. The highest BCUT2D eigenvalue weighted by molar-refractivity contribution is 5.91. The van der Waals surface area contributed by atoms with Gasteiger partial charge < -0.3 is 9.64 Å². The van der Waals surface area contributed by atoms with Crippen molar-refractivity contribution in [1.82, 2.24) is 4.90 Å². The first kappa shape index (κ1) is 20.9. The Bertz CT molecular complexity index is 788. The van der Waals surface area contributed by atoms with E-state index in [1.165, 1.54) is 30.4 Å². The maximum atomic E-state index is 13.5. The molecule has 1 aliphatic carbocycles. The molecular formula is C24H35NO3. The fourth-order valence-electron chi connectivity index (χ4n) is 5.36. The number of hydrogen-bond donors (Lipinski definition) is 0. The number of amides is 1. The predicted molar refractivity (Wildman–Crippen MR) is 111 cm³/mol.